The summed E-state index contributed by atoms with van der Waals surface area (Å²) in [7, 11) is 0. The van der Waals surface area contributed by atoms with E-state index in [0.717, 1.165) is 11.1 Å². The summed E-state index contributed by atoms with van der Waals surface area (Å²) in [5.74, 6) is 1.34. The molecule has 0 saturated heterocycles. The fraction of sp³-hybridized carbons (Fsp3) is 0.222. The fourth-order valence-corrected chi connectivity index (χ4v) is 2.10. The molecule has 0 fully saturated rings. The highest BCUT2D eigenvalue weighted by Gasteiger charge is 2.09. The van der Waals surface area contributed by atoms with Crippen molar-refractivity contribution in [3.05, 3.63) is 60.2 Å². The summed E-state index contributed by atoms with van der Waals surface area (Å²) in [6.45, 7) is 2.35. The van der Waals surface area contributed by atoms with Crippen LogP contribution in [0.15, 0.2) is 53.2 Å². The van der Waals surface area contributed by atoms with E-state index in [2.05, 4.69) is 20.5 Å². The van der Waals surface area contributed by atoms with E-state index in [4.69, 9.17) is 9.15 Å². The number of pyridine rings is 1. The van der Waals surface area contributed by atoms with Crippen molar-refractivity contribution in [1.82, 2.24) is 20.5 Å². The van der Waals surface area contributed by atoms with Gasteiger partial charge in [0.1, 0.15) is 5.75 Å². The average Bonchev–Trinajstić information content (AvgIpc) is 3.11. The number of rotatable bonds is 7. The summed E-state index contributed by atoms with van der Waals surface area (Å²) in [4.78, 5) is 15.8. The van der Waals surface area contributed by atoms with Crippen LogP contribution in [0.25, 0.3) is 11.5 Å². The smallest absolute Gasteiger partial charge is 0.257 e. The summed E-state index contributed by atoms with van der Waals surface area (Å²) in [5, 5.41) is 10.7. The molecular weight excluding hydrogens is 320 g/mol. The number of carbonyl (C=O) groups is 1. The first kappa shape index (κ1) is 16.6. The molecule has 0 saturated carbocycles. The number of carbonyl (C=O) groups excluding carboxylic acids is 1. The summed E-state index contributed by atoms with van der Waals surface area (Å²) >= 11 is 0. The molecule has 1 aromatic carbocycles. The number of hydrogen-bond acceptors (Lipinski definition) is 6. The Morgan fingerprint density at radius 1 is 1.20 bits per heavy atom. The summed E-state index contributed by atoms with van der Waals surface area (Å²) in [5.41, 5.74) is 1.90. The highest BCUT2D eigenvalue weighted by atomic mass is 16.5. The van der Waals surface area contributed by atoms with Crippen LogP contribution in [0.4, 0.5) is 0 Å². The van der Waals surface area contributed by atoms with E-state index in [1.165, 1.54) is 0 Å². The molecule has 0 unspecified atom stereocenters. The van der Waals surface area contributed by atoms with E-state index in [9.17, 15) is 4.79 Å². The third-order valence-electron chi connectivity index (χ3n) is 3.43. The molecule has 2 heterocycles. The van der Waals surface area contributed by atoms with E-state index in [0.29, 0.717) is 30.5 Å². The molecule has 0 spiro atoms. The molecule has 25 heavy (non-hydrogen) atoms. The first-order valence-electron chi connectivity index (χ1n) is 7.89. The van der Waals surface area contributed by atoms with Crippen LogP contribution in [-0.4, -0.2) is 34.2 Å². The Labute approximate surface area is 145 Å². The topological polar surface area (TPSA) is 90.1 Å². The van der Waals surface area contributed by atoms with Gasteiger partial charge in [0, 0.05) is 25.4 Å². The van der Waals surface area contributed by atoms with Gasteiger partial charge in [0.25, 0.3) is 5.91 Å². The van der Waals surface area contributed by atoms with E-state index >= 15 is 0 Å². The predicted octanol–water partition coefficient (Wildman–Crippen LogP) is 2.18. The molecule has 0 aliphatic rings. The second-order valence-corrected chi connectivity index (χ2v) is 5.44. The highest BCUT2D eigenvalue weighted by Crippen LogP contribution is 2.15. The van der Waals surface area contributed by atoms with Gasteiger partial charge in [-0.2, -0.15) is 0 Å². The molecule has 128 valence electrons. The van der Waals surface area contributed by atoms with Gasteiger partial charge in [-0.15, -0.1) is 10.2 Å². The van der Waals surface area contributed by atoms with Gasteiger partial charge in [-0.1, -0.05) is 17.7 Å². The Hall–Kier alpha value is -3.22. The molecule has 7 heteroatoms. The minimum Gasteiger partial charge on any atom is -0.484 e. The number of nitrogens with one attached hydrogen (secondary N) is 1. The third-order valence-corrected chi connectivity index (χ3v) is 3.43. The zero-order valence-electron chi connectivity index (χ0n) is 13.8. The molecular formula is C18H18N4O3. The second kappa shape index (κ2) is 8.05. The first-order valence-corrected chi connectivity index (χ1v) is 7.89. The minimum absolute atomic E-state index is 0.0339. The lowest BCUT2D eigenvalue weighted by Crippen LogP contribution is -2.30. The van der Waals surface area contributed by atoms with Crippen LogP contribution in [0.3, 0.4) is 0 Å². The fourth-order valence-electron chi connectivity index (χ4n) is 2.10. The van der Waals surface area contributed by atoms with Gasteiger partial charge in [-0.05, 0) is 31.2 Å². The summed E-state index contributed by atoms with van der Waals surface area (Å²) in [6.07, 6.45) is 3.78. The molecule has 2 aromatic heterocycles. The average molecular weight is 338 g/mol. The first-order chi connectivity index (χ1) is 12.2. The quantitative estimate of drug-likeness (QED) is 0.710. The Morgan fingerprint density at radius 3 is 2.80 bits per heavy atom. The molecule has 0 atom stereocenters. The van der Waals surface area contributed by atoms with Gasteiger partial charge in [-0.25, -0.2) is 0 Å². The van der Waals surface area contributed by atoms with Crippen molar-refractivity contribution < 1.29 is 13.9 Å². The lowest BCUT2D eigenvalue weighted by Gasteiger charge is -2.06. The number of hydrogen-bond donors (Lipinski definition) is 1. The minimum atomic E-state index is -0.201. The molecule has 3 rings (SSSR count). The van der Waals surface area contributed by atoms with Crippen molar-refractivity contribution in [2.24, 2.45) is 0 Å². The van der Waals surface area contributed by atoms with E-state index in [1.807, 2.05) is 37.3 Å². The van der Waals surface area contributed by atoms with Crippen molar-refractivity contribution in [2.75, 3.05) is 13.2 Å². The van der Waals surface area contributed by atoms with Crippen molar-refractivity contribution in [2.45, 2.75) is 13.3 Å². The molecule has 0 aliphatic heterocycles. The third kappa shape index (κ3) is 4.87. The largest absolute Gasteiger partial charge is 0.484 e. The molecule has 0 aliphatic carbocycles. The van der Waals surface area contributed by atoms with Crippen LogP contribution in [-0.2, 0) is 11.2 Å². The van der Waals surface area contributed by atoms with Gasteiger partial charge in [-0.3, -0.25) is 9.78 Å². The van der Waals surface area contributed by atoms with Crippen LogP contribution >= 0.6 is 0 Å². The number of benzene rings is 1. The van der Waals surface area contributed by atoms with Crippen molar-refractivity contribution >= 4 is 5.91 Å². The SMILES string of the molecule is Cc1ccc(OCC(=O)NCCc2nnc(-c3cccnc3)o2)cc1. The number of ether oxygens (including phenoxy) is 1. The van der Waals surface area contributed by atoms with Crippen molar-refractivity contribution in [3.63, 3.8) is 0 Å². The van der Waals surface area contributed by atoms with Gasteiger partial charge in [0.15, 0.2) is 6.61 Å². The summed E-state index contributed by atoms with van der Waals surface area (Å²) < 4.78 is 11.0. The molecule has 1 N–H and O–H groups in total. The molecule has 0 bridgehead atoms. The second-order valence-electron chi connectivity index (χ2n) is 5.44. The highest BCUT2D eigenvalue weighted by molar-refractivity contribution is 5.77. The Kier molecular flexibility index (Phi) is 5.36. The lowest BCUT2D eigenvalue weighted by atomic mass is 10.2. The van der Waals surface area contributed by atoms with Crippen LogP contribution in [0, 0.1) is 6.92 Å². The van der Waals surface area contributed by atoms with E-state index in [1.54, 1.807) is 18.5 Å². The van der Waals surface area contributed by atoms with Gasteiger partial charge >= 0.3 is 0 Å². The zero-order valence-corrected chi connectivity index (χ0v) is 13.8. The molecule has 0 radical (unpaired) electrons. The zero-order chi connectivity index (χ0) is 17.5. The predicted molar refractivity (Wildman–Crippen MR) is 90.9 cm³/mol. The Bertz CT molecular complexity index is 816. The molecule has 1 amide bonds. The van der Waals surface area contributed by atoms with Crippen LogP contribution in [0.1, 0.15) is 11.5 Å². The van der Waals surface area contributed by atoms with Gasteiger partial charge < -0.3 is 14.5 Å². The van der Waals surface area contributed by atoms with Crippen LogP contribution < -0.4 is 10.1 Å². The Morgan fingerprint density at radius 2 is 2.04 bits per heavy atom. The molecule has 7 nitrogen and oxygen atoms in total. The maximum atomic E-state index is 11.8. The standard InChI is InChI=1S/C18H18N4O3/c1-13-4-6-15(7-5-13)24-12-16(23)20-10-8-17-21-22-18(25-17)14-3-2-9-19-11-14/h2-7,9,11H,8,10,12H2,1H3,(H,20,23). The monoisotopic (exact) mass is 338 g/mol. The number of aryl methyl sites for hydroxylation is 1. The van der Waals surface area contributed by atoms with E-state index < -0.39 is 0 Å². The summed E-state index contributed by atoms with van der Waals surface area (Å²) in [6, 6.07) is 11.2. The number of nitrogens with zero attached hydrogens (tertiary/aromatic N) is 3. The normalized spacial score (nSPS) is 10.4. The van der Waals surface area contributed by atoms with Gasteiger partial charge in [0.05, 0.1) is 5.56 Å². The van der Waals surface area contributed by atoms with E-state index in [-0.39, 0.29) is 12.5 Å². The van der Waals surface area contributed by atoms with Crippen LogP contribution in [0.2, 0.25) is 0 Å². The maximum Gasteiger partial charge on any atom is 0.257 e. The number of amides is 1. The lowest BCUT2D eigenvalue weighted by molar-refractivity contribution is -0.123. The van der Waals surface area contributed by atoms with Crippen molar-refractivity contribution in [3.8, 4) is 17.2 Å². The Balaban J connectivity index is 1.41. The van der Waals surface area contributed by atoms with Crippen LogP contribution in [0.5, 0.6) is 5.75 Å². The van der Waals surface area contributed by atoms with Crippen molar-refractivity contribution in [1.29, 1.82) is 0 Å². The number of aromatic nitrogens is 3. The van der Waals surface area contributed by atoms with Gasteiger partial charge in [0.2, 0.25) is 11.8 Å². The molecule has 3 aromatic rings. The maximum absolute atomic E-state index is 11.8.